The molecular weight excluding hydrogens is 218 g/mol. The van der Waals surface area contributed by atoms with Gasteiger partial charge in [0.2, 0.25) is 0 Å². The number of hydrogen-bond donors (Lipinski definition) is 1. The van der Waals surface area contributed by atoms with Crippen LogP contribution in [0.25, 0.3) is 0 Å². The molecule has 1 aliphatic heterocycles. The molecule has 1 unspecified atom stereocenters. The van der Waals surface area contributed by atoms with Gasteiger partial charge in [-0.15, -0.1) is 0 Å². The Bertz CT molecular complexity index is 400. The summed E-state index contributed by atoms with van der Waals surface area (Å²) < 4.78 is 10.8. The van der Waals surface area contributed by atoms with Crippen LogP contribution in [-0.4, -0.2) is 36.7 Å². The van der Waals surface area contributed by atoms with Crippen molar-refractivity contribution in [2.45, 2.75) is 26.5 Å². The molecule has 94 valence electrons. The normalized spacial score (nSPS) is 21.9. The summed E-state index contributed by atoms with van der Waals surface area (Å²) in [4.78, 5) is 6.40. The predicted molar refractivity (Wildman–Crippen MR) is 65.8 cm³/mol. The van der Waals surface area contributed by atoms with Gasteiger partial charge in [-0.3, -0.25) is 0 Å². The Morgan fingerprint density at radius 1 is 1.65 bits per heavy atom. The highest BCUT2D eigenvalue weighted by atomic mass is 16.5. The topological polar surface area (TPSA) is 64.0 Å². The first-order valence-electron chi connectivity index (χ1n) is 5.86. The summed E-state index contributed by atoms with van der Waals surface area (Å²) in [6.45, 7) is 6.84. The summed E-state index contributed by atoms with van der Waals surface area (Å²) >= 11 is 0. The third-order valence-electron chi connectivity index (χ3n) is 2.92. The maximum Gasteiger partial charge on any atom is 0.191 e. The zero-order valence-electron chi connectivity index (χ0n) is 10.3. The van der Waals surface area contributed by atoms with Gasteiger partial charge in [0.15, 0.2) is 5.96 Å². The predicted octanol–water partition coefficient (Wildman–Crippen LogP) is 1.12. The van der Waals surface area contributed by atoms with Crippen molar-refractivity contribution in [1.82, 2.24) is 4.90 Å². The number of nitrogens with two attached hydrogens (primary N) is 1. The third-order valence-corrected chi connectivity index (χ3v) is 2.92. The van der Waals surface area contributed by atoms with Crippen LogP contribution in [0, 0.1) is 6.92 Å². The van der Waals surface area contributed by atoms with E-state index in [2.05, 4.69) is 4.99 Å². The molecule has 2 heterocycles. The number of morpholine rings is 1. The number of hydrogen-bond acceptors (Lipinski definition) is 3. The van der Waals surface area contributed by atoms with E-state index in [1.165, 1.54) is 0 Å². The first-order chi connectivity index (χ1) is 8.16. The van der Waals surface area contributed by atoms with Gasteiger partial charge in [0.1, 0.15) is 12.3 Å². The van der Waals surface area contributed by atoms with Gasteiger partial charge < -0.3 is 19.8 Å². The van der Waals surface area contributed by atoms with Crippen molar-refractivity contribution < 1.29 is 9.15 Å². The van der Waals surface area contributed by atoms with E-state index in [0.717, 1.165) is 24.4 Å². The Balaban J connectivity index is 1.95. The number of ether oxygens (including phenoxy) is 1. The van der Waals surface area contributed by atoms with Crippen LogP contribution in [0.4, 0.5) is 0 Å². The fourth-order valence-electron chi connectivity index (χ4n) is 1.85. The second-order valence-electron chi connectivity index (χ2n) is 4.33. The smallest absolute Gasteiger partial charge is 0.191 e. The van der Waals surface area contributed by atoms with Crippen LogP contribution in [0.15, 0.2) is 21.7 Å². The Morgan fingerprint density at radius 3 is 3.12 bits per heavy atom. The van der Waals surface area contributed by atoms with Crippen molar-refractivity contribution >= 4 is 5.96 Å². The number of nitrogens with zero attached hydrogens (tertiary/aromatic N) is 2. The molecule has 1 atom stereocenters. The van der Waals surface area contributed by atoms with Crippen molar-refractivity contribution in [2.24, 2.45) is 10.7 Å². The SMILES string of the molecule is Cc1ccoc1CN=C(N)N1CCOC(C)C1. The largest absolute Gasteiger partial charge is 0.467 e. The van der Waals surface area contributed by atoms with E-state index in [1.807, 2.05) is 24.8 Å². The lowest BCUT2D eigenvalue weighted by Gasteiger charge is -2.31. The van der Waals surface area contributed by atoms with Crippen LogP contribution in [0.5, 0.6) is 0 Å². The van der Waals surface area contributed by atoms with E-state index in [-0.39, 0.29) is 6.10 Å². The Hall–Kier alpha value is -1.49. The van der Waals surface area contributed by atoms with E-state index >= 15 is 0 Å². The minimum atomic E-state index is 0.211. The molecule has 17 heavy (non-hydrogen) atoms. The molecule has 2 N–H and O–H groups in total. The highest BCUT2D eigenvalue weighted by Gasteiger charge is 2.18. The Labute approximate surface area is 101 Å². The molecule has 2 rings (SSSR count). The molecule has 5 nitrogen and oxygen atoms in total. The molecule has 1 aromatic heterocycles. The quantitative estimate of drug-likeness (QED) is 0.618. The third kappa shape index (κ3) is 3.00. The van der Waals surface area contributed by atoms with Crippen molar-refractivity contribution in [3.05, 3.63) is 23.7 Å². The molecule has 0 aliphatic carbocycles. The van der Waals surface area contributed by atoms with Crippen molar-refractivity contribution in [2.75, 3.05) is 19.7 Å². The minimum absolute atomic E-state index is 0.211. The van der Waals surface area contributed by atoms with Crippen molar-refractivity contribution in [3.63, 3.8) is 0 Å². The van der Waals surface area contributed by atoms with Crippen LogP contribution in [0.2, 0.25) is 0 Å². The lowest BCUT2D eigenvalue weighted by Crippen LogP contribution is -2.47. The molecule has 0 amide bonds. The molecule has 0 saturated carbocycles. The van der Waals surface area contributed by atoms with Gasteiger partial charge in [-0.1, -0.05) is 0 Å². The summed E-state index contributed by atoms with van der Waals surface area (Å²) in [5.74, 6) is 1.44. The highest BCUT2D eigenvalue weighted by molar-refractivity contribution is 5.78. The average Bonchev–Trinajstić information content (AvgIpc) is 2.72. The maximum absolute atomic E-state index is 5.96. The maximum atomic E-state index is 5.96. The number of aryl methyl sites for hydroxylation is 1. The van der Waals surface area contributed by atoms with Crippen LogP contribution in [0.3, 0.4) is 0 Å². The molecule has 5 heteroatoms. The summed E-state index contributed by atoms with van der Waals surface area (Å²) in [5, 5.41) is 0. The molecular formula is C12H19N3O2. The Morgan fingerprint density at radius 2 is 2.47 bits per heavy atom. The first kappa shape index (κ1) is 12.0. The van der Waals surface area contributed by atoms with Crippen molar-refractivity contribution in [1.29, 1.82) is 0 Å². The zero-order valence-corrected chi connectivity index (χ0v) is 10.3. The van der Waals surface area contributed by atoms with E-state index in [9.17, 15) is 0 Å². The van der Waals surface area contributed by atoms with Crippen LogP contribution < -0.4 is 5.73 Å². The van der Waals surface area contributed by atoms with Crippen LogP contribution in [0.1, 0.15) is 18.2 Å². The zero-order chi connectivity index (χ0) is 12.3. The molecule has 1 aromatic rings. The van der Waals surface area contributed by atoms with E-state index < -0.39 is 0 Å². The van der Waals surface area contributed by atoms with Gasteiger partial charge >= 0.3 is 0 Å². The highest BCUT2D eigenvalue weighted by Crippen LogP contribution is 2.10. The van der Waals surface area contributed by atoms with Crippen LogP contribution >= 0.6 is 0 Å². The van der Waals surface area contributed by atoms with Gasteiger partial charge in [0.25, 0.3) is 0 Å². The van der Waals surface area contributed by atoms with E-state index in [4.69, 9.17) is 14.9 Å². The van der Waals surface area contributed by atoms with Gasteiger partial charge in [0.05, 0.1) is 19.0 Å². The fourth-order valence-corrected chi connectivity index (χ4v) is 1.85. The molecule has 0 radical (unpaired) electrons. The summed E-state index contributed by atoms with van der Waals surface area (Å²) in [7, 11) is 0. The monoisotopic (exact) mass is 237 g/mol. The molecule has 0 bridgehead atoms. The molecule has 1 fully saturated rings. The number of rotatable bonds is 2. The molecule has 1 aliphatic rings. The van der Waals surface area contributed by atoms with Gasteiger partial charge in [-0.25, -0.2) is 4.99 Å². The Kier molecular flexibility index (Phi) is 3.68. The van der Waals surface area contributed by atoms with Gasteiger partial charge in [-0.2, -0.15) is 0 Å². The minimum Gasteiger partial charge on any atom is -0.467 e. The van der Waals surface area contributed by atoms with Crippen molar-refractivity contribution in [3.8, 4) is 0 Å². The molecule has 1 saturated heterocycles. The summed E-state index contributed by atoms with van der Waals surface area (Å²) in [6.07, 6.45) is 1.88. The fraction of sp³-hybridized carbons (Fsp3) is 0.583. The van der Waals surface area contributed by atoms with E-state index in [1.54, 1.807) is 6.26 Å². The summed E-state index contributed by atoms with van der Waals surface area (Å²) in [5.41, 5.74) is 7.06. The van der Waals surface area contributed by atoms with Gasteiger partial charge in [0, 0.05) is 13.1 Å². The van der Waals surface area contributed by atoms with E-state index in [0.29, 0.717) is 19.1 Å². The molecule has 0 aromatic carbocycles. The lowest BCUT2D eigenvalue weighted by molar-refractivity contribution is 0.00528. The molecule has 0 spiro atoms. The second-order valence-corrected chi connectivity index (χ2v) is 4.33. The average molecular weight is 237 g/mol. The summed E-state index contributed by atoms with van der Waals surface area (Å²) in [6, 6.07) is 1.93. The number of furan rings is 1. The lowest BCUT2D eigenvalue weighted by atomic mass is 10.3. The standard InChI is InChI=1S/C12H19N3O2/c1-9-3-5-17-11(9)7-14-12(13)15-4-6-16-10(2)8-15/h3,5,10H,4,6-8H2,1-2H3,(H2,13,14). The van der Waals surface area contributed by atoms with Gasteiger partial charge in [-0.05, 0) is 25.5 Å². The van der Waals surface area contributed by atoms with Crippen LogP contribution in [-0.2, 0) is 11.3 Å². The number of aliphatic imine (C=N–C) groups is 1. The number of guanidine groups is 1. The second kappa shape index (κ2) is 5.23. The first-order valence-corrected chi connectivity index (χ1v) is 5.86.